The van der Waals surface area contributed by atoms with Crippen molar-refractivity contribution in [2.45, 2.75) is 56.4 Å². The van der Waals surface area contributed by atoms with E-state index in [1.165, 1.54) is 18.6 Å². The van der Waals surface area contributed by atoms with Crippen molar-refractivity contribution in [2.75, 3.05) is 6.61 Å². The third kappa shape index (κ3) is 2.70. The van der Waals surface area contributed by atoms with Crippen LogP contribution in [0.15, 0.2) is 18.6 Å². The molecule has 2 fully saturated rings. The van der Waals surface area contributed by atoms with Crippen molar-refractivity contribution in [3.05, 3.63) is 40.7 Å². The standard InChI is InChI=1S/C19H23N5O3/c25-11-19(5-1-2-6-19)21-18(26)16-13-4-3-12-9-14(12)17(13)24(22-16)15-10-23(27)8-7-20-15/h7-8,10,12,14,25H,1-6,9,11H2,(H,21,26)/t12-,14+/m1/s1. The second-order valence-corrected chi connectivity index (χ2v) is 8.14. The Labute approximate surface area is 156 Å². The van der Waals surface area contributed by atoms with Crippen molar-refractivity contribution in [3.63, 3.8) is 0 Å². The SMILES string of the molecule is O=C(NC1(CO)CCCC1)c1nn(-c2c[n+]([O-])ccn2)c2c1CC[C@@H]1C[C@H]21. The van der Waals surface area contributed by atoms with Crippen LogP contribution in [0, 0.1) is 11.1 Å². The maximum absolute atomic E-state index is 13.1. The molecule has 3 aliphatic carbocycles. The fraction of sp³-hybridized carbons (Fsp3) is 0.579. The number of hydrogen-bond acceptors (Lipinski definition) is 5. The number of aromatic nitrogens is 4. The summed E-state index contributed by atoms with van der Waals surface area (Å²) in [6.07, 6.45) is 10.7. The van der Waals surface area contributed by atoms with Gasteiger partial charge in [-0.15, -0.1) is 0 Å². The maximum atomic E-state index is 13.1. The average Bonchev–Trinajstić information content (AvgIpc) is 3.14. The van der Waals surface area contributed by atoms with E-state index in [9.17, 15) is 15.1 Å². The molecule has 0 aliphatic heterocycles. The van der Waals surface area contributed by atoms with Crippen LogP contribution in [0.4, 0.5) is 0 Å². The zero-order valence-corrected chi connectivity index (χ0v) is 15.1. The molecule has 2 N–H and O–H groups in total. The van der Waals surface area contributed by atoms with Crippen molar-refractivity contribution in [1.82, 2.24) is 20.1 Å². The molecule has 0 unspecified atom stereocenters. The number of hydrogen-bond donors (Lipinski definition) is 2. The number of rotatable bonds is 4. The smallest absolute Gasteiger partial charge is 0.272 e. The van der Waals surface area contributed by atoms with E-state index in [2.05, 4.69) is 15.4 Å². The van der Waals surface area contributed by atoms with Crippen molar-refractivity contribution in [3.8, 4) is 5.82 Å². The summed E-state index contributed by atoms with van der Waals surface area (Å²) in [6.45, 7) is -0.0528. The summed E-state index contributed by atoms with van der Waals surface area (Å²) in [5, 5.41) is 29.2. The minimum Gasteiger partial charge on any atom is -0.619 e. The number of carbonyl (C=O) groups excluding carboxylic acids is 1. The Kier molecular flexibility index (Phi) is 3.72. The Morgan fingerprint density at radius 2 is 2.26 bits per heavy atom. The molecule has 5 rings (SSSR count). The van der Waals surface area contributed by atoms with Crippen LogP contribution in [-0.4, -0.2) is 37.9 Å². The number of carbonyl (C=O) groups is 1. The first-order valence-corrected chi connectivity index (χ1v) is 9.70. The van der Waals surface area contributed by atoms with Gasteiger partial charge in [-0.05, 0) is 38.0 Å². The molecular formula is C19H23N5O3. The molecule has 8 heteroatoms. The molecule has 2 aromatic rings. The van der Waals surface area contributed by atoms with E-state index in [1.807, 2.05) is 0 Å². The molecule has 2 heterocycles. The Bertz CT molecular complexity index is 903. The zero-order valence-electron chi connectivity index (χ0n) is 15.1. The largest absolute Gasteiger partial charge is 0.619 e. The summed E-state index contributed by atoms with van der Waals surface area (Å²) in [6, 6.07) is 0. The molecule has 8 nitrogen and oxygen atoms in total. The first-order chi connectivity index (χ1) is 13.1. The van der Waals surface area contributed by atoms with Crippen molar-refractivity contribution in [2.24, 2.45) is 5.92 Å². The summed E-state index contributed by atoms with van der Waals surface area (Å²) < 4.78 is 2.38. The lowest BCUT2D eigenvalue weighted by molar-refractivity contribution is -0.605. The van der Waals surface area contributed by atoms with Crippen molar-refractivity contribution < 1.29 is 14.6 Å². The lowest BCUT2D eigenvalue weighted by Gasteiger charge is -2.27. The van der Waals surface area contributed by atoms with Crippen LogP contribution in [0.1, 0.15) is 66.2 Å². The monoisotopic (exact) mass is 369 g/mol. The van der Waals surface area contributed by atoms with E-state index in [1.54, 1.807) is 4.68 Å². The first kappa shape index (κ1) is 16.7. The molecule has 2 saturated carbocycles. The lowest BCUT2D eigenvalue weighted by atomic mass is 9.94. The molecule has 2 aromatic heterocycles. The predicted octanol–water partition coefficient (Wildman–Crippen LogP) is 0.985. The molecule has 0 bridgehead atoms. The molecule has 27 heavy (non-hydrogen) atoms. The Balaban J connectivity index is 1.55. The minimum atomic E-state index is -0.534. The second-order valence-electron chi connectivity index (χ2n) is 8.14. The Morgan fingerprint density at radius 1 is 1.44 bits per heavy atom. The van der Waals surface area contributed by atoms with Crippen molar-refractivity contribution in [1.29, 1.82) is 0 Å². The van der Waals surface area contributed by atoms with Gasteiger partial charge in [0.1, 0.15) is 0 Å². The zero-order chi connectivity index (χ0) is 18.6. The van der Waals surface area contributed by atoms with E-state index >= 15 is 0 Å². The molecule has 1 amide bonds. The molecule has 0 aromatic carbocycles. The van der Waals surface area contributed by atoms with E-state index in [-0.39, 0.29) is 12.5 Å². The lowest BCUT2D eigenvalue weighted by Crippen LogP contribution is -2.49. The number of aliphatic hydroxyl groups excluding tert-OH is 1. The average molecular weight is 369 g/mol. The van der Waals surface area contributed by atoms with Gasteiger partial charge in [-0.3, -0.25) is 4.79 Å². The highest BCUT2D eigenvalue weighted by Crippen LogP contribution is 2.55. The number of amides is 1. The third-order valence-electron chi connectivity index (χ3n) is 6.40. The van der Waals surface area contributed by atoms with E-state index in [0.29, 0.717) is 28.1 Å². The molecule has 3 aliphatic rings. The van der Waals surface area contributed by atoms with Gasteiger partial charge in [0.05, 0.1) is 24.0 Å². The highest BCUT2D eigenvalue weighted by Gasteiger charge is 2.47. The predicted molar refractivity (Wildman–Crippen MR) is 95.2 cm³/mol. The first-order valence-electron chi connectivity index (χ1n) is 9.70. The van der Waals surface area contributed by atoms with Gasteiger partial charge in [0, 0.05) is 11.5 Å². The summed E-state index contributed by atoms with van der Waals surface area (Å²) in [4.78, 5) is 17.4. The van der Waals surface area contributed by atoms with E-state index in [4.69, 9.17) is 0 Å². The molecule has 2 atom stereocenters. The normalized spacial score (nSPS) is 24.9. The Morgan fingerprint density at radius 3 is 3.00 bits per heavy atom. The summed E-state index contributed by atoms with van der Waals surface area (Å²) in [5.41, 5.74) is 1.88. The van der Waals surface area contributed by atoms with Gasteiger partial charge in [0.15, 0.2) is 11.9 Å². The van der Waals surface area contributed by atoms with E-state index in [0.717, 1.165) is 56.2 Å². The van der Waals surface area contributed by atoms with Crippen LogP contribution in [0.5, 0.6) is 0 Å². The summed E-state index contributed by atoms with van der Waals surface area (Å²) >= 11 is 0. The van der Waals surface area contributed by atoms with Gasteiger partial charge >= 0.3 is 0 Å². The fourth-order valence-corrected chi connectivity index (χ4v) is 4.83. The molecule has 0 spiro atoms. The topological polar surface area (TPSA) is 107 Å². The van der Waals surface area contributed by atoms with Gasteiger partial charge in [0.2, 0.25) is 12.0 Å². The second kappa shape index (κ2) is 6.02. The highest BCUT2D eigenvalue weighted by atomic mass is 16.5. The number of nitrogens with one attached hydrogen (secondary N) is 1. The van der Waals surface area contributed by atoms with Crippen LogP contribution in [-0.2, 0) is 6.42 Å². The van der Waals surface area contributed by atoms with Crippen LogP contribution in [0.2, 0.25) is 0 Å². The number of aliphatic hydroxyl groups is 1. The van der Waals surface area contributed by atoms with E-state index < -0.39 is 5.54 Å². The summed E-state index contributed by atoms with van der Waals surface area (Å²) in [7, 11) is 0. The minimum absolute atomic E-state index is 0.0528. The molecular weight excluding hydrogens is 346 g/mol. The quantitative estimate of drug-likeness (QED) is 0.617. The Hall–Kier alpha value is -2.48. The van der Waals surface area contributed by atoms with Crippen LogP contribution in [0.25, 0.3) is 5.82 Å². The van der Waals surface area contributed by atoms with Crippen LogP contribution in [0.3, 0.4) is 0 Å². The van der Waals surface area contributed by atoms with Gasteiger partial charge < -0.3 is 15.6 Å². The number of fused-ring (bicyclic) bond motifs is 3. The van der Waals surface area contributed by atoms with Gasteiger partial charge in [0.25, 0.3) is 5.91 Å². The molecule has 0 saturated heterocycles. The maximum Gasteiger partial charge on any atom is 0.272 e. The van der Waals surface area contributed by atoms with Gasteiger partial charge in [-0.25, -0.2) is 9.67 Å². The third-order valence-corrected chi connectivity index (χ3v) is 6.40. The van der Waals surface area contributed by atoms with Crippen LogP contribution < -0.4 is 10.0 Å². The van der Waals surface area contributed by atoms with Crippen LogP contribution >= 0.6 is 0 Å². The molecule has 142 valence electrons. The van der Waals surface area contributed by atoms with Crippen molar-refractivity contribution >= 4 is 5.91 Å². The van der Waals surface area contributed by atoms with Gasteiger partial charge in [-0.2, -0.15) is 9.83 Å². The van der Waals surface area contributed by atoms with Gasteiger partial charge in [-0.1, -0.05) is 12.8 Å². The fourth-order valence-electron chi connectivity index (χ4n) is 4.83. The molecule has 0 radical (unpaired) electrons. The highest BCUT2D eigenvalue weighted by molar-refractivity contribution is 5.95. The number of nitrogens with zero attached hydrogens (tertiary/aromatic N) is 4. The summed E-state index contributed by atoms with van der Waals surface area (Å²) in [5.74, 6) is 1.24.